The van der Waals surface area contributed by atoms with Crippen molar-refractivity contribution in [3.8, 4) is 0 Å². The van der Waals surface area contributed by atoms with Gasteiger partial charge in [-0.05, 0) is 56.4 Å². The van der Waals surface area contributed by atoms with Crippen LogP contribution < -0.4 is 5.73 Å². The molecular formula is C15H20N2S. The van der Waals surface area contributed by atoms with Crippen LogP contribution in [0.1, 0.15) is 45.5 Å². The van der Waals surface area contributed by atoms with E-state index in [-0.39, 0.29) is 6.04 Å². The van der Waals surface area contributed by atoms with E-state index < -0.39 is 0 Å². The van der Waals surface area contributed by atoms with Gasteiger partial charge in [0.15, 0.2) is 0 Å². The highest BCUT2D eigenvalue weighted by atomic mass is 32.1. The molecule has 0 saturated heterocycles. The molecule has 3 heteroatoms. The summed E-state index contributed by atoms with van der Waals surface area (Å²) in [5.74, 6) is 0. The summed E-state index contributed by atoms with van der Waals surface area (Å²) in [6, 6.07) is 4.78. The minimum atomic E-state index is 0.252. The first-order chi connectivity index (χ1) is 8.65. The van der Waals surface area contributed by atoms with Gasteiger partial charge in [0.1, 0.15) is 0 Å². The lowest BCUT2D eigenvalue weighted by Crippen LogP contribution is -2.18. The predicted molar refractivity (Wildman–Crippen MR) is 77.2 cm³/mol. The monoisotopic (exact) mass is 260 g/mol. The van der Waals surface area contributed by atoms with Crippen molar-refractivity contribution in [3.63, 3.8) is 0 Å². The molecule has 1 aliphatic carbocycles. The van der Waals surface area contributed by atoms with E-state index in [1.165, 1.54) is 39.4 Å². The third kappa shape index (κ3) is 2.02. The lowest BCUT2D eigenvalue weighted by atomic mass is 9.94. The fourth-order valence-corrected chi connectivity index (χ4v) is 3.89. The van der Waals surface area contributed by atoms with Gasteiger partial charge < -0.3 is 10.3 Å². The van der Waals surface area contributed by atoms with E-state index >= 15 is 0 Å². The van der Waals surface area contributed by atoms with E-state index in [9.17, 15) is 0 Å². The number of fused-ring (bicyclic) bond motifs is 1. The van der Waals surface area contributed by atoms with E-state index in [1.54, 1.807) is 0 Å². The molecule has 0 bridgehead atoms. The number of hydrogen-bond donors (Lipinski definition) is 1. The summed E-state index contributed by atoms with van der Waals surface area (Å²) in [5, 5.41) is 0. The van der Waals surface area contributed by atoms with Crippen LogP contribution in [0.4, 0.5) is 0 Å². The molecule has 0 fully saturated rings. The highest BCUT2D eigenvalue weighted by Gasteiger charge is 2.20. The molecule has 0 aliphatic heterocycles. The summed E-state index contributed by atoms with van der Waals surface area (Å²) >= 11 is 1.91. The first-order valence-corrected chi connectivity index (χ1v) is 7.46. The van der Waals surface area contributed by atoms with E-state index in [4.69, 9.17) is 5.73 Å². The Morgan fingerprint density at radius 1 is 1.44 bits per heavy atom. The quantitative estimate of drug-likeness (QED) is 0.879. The fraction of sp³-hybridized carbons (Fsp3) is 0.467. The molecule has 2 aromatic heterocycles. The third-order valence-electron chi connectivity index (χ3n) is 3.99. The molecule has 2 N–H and O–H groups in total. The third-order valence-corrected chi connectivity index (χ3v) is 5.12. The zero-order chi connectivity index (χ0) is 12.7. The number of thiophene rings is 1. The Balaban J connectivity index is 1.89. The van der Waals surface area contributed by atoms with Crippen LogP contribution in [0.3, 0.4) is 0 Å². The smallest absolute Gasteiger partial charge is 0.0566 e. The summed E-state index contributed by atoms with van der Waals surface area (Å²) in [6.45, 7) is 5.39. The molecule has 1 aliphatic rings. The number of aromatic nitrogens is 1. The van der Waals surface area contributed by atoms with E-state index in [0.717, 1.165) is 13.0 Å². The van der Waals surface area contributed by atoms with Crippen LogP contribution in [0.25, 0.3) is 0 Å². The Labute approximate surface area is 112 Å². The minimum Gasteiger partial charge on any atom is -0.346 e. The van der Waals surface area contributed by atoms with Crippen molar-refractivity contribution in [2.75, 3.05) is 0 Å². The van der Waals surface area contributed by atoms with Crippen LogP contribution in [0.15, 0.2) is 18.3 Å². The van der Waals surface area contributed by atoms with E-state index in [2.05, 4.69) is 36.7 Å². The Morgan fingerprint density at radius 2 is 2.28 bits per heavy atom. The van der Waals surface area contributed by atoms with E-state index in [1.807, 2.05) is 11.3 Å². The first kappa shape index (κ1) is 12.0. The molecule has 18 heavy (non-hydrogen) atoms. The normalized spacial score (nSPS) is 18.9. The predicted octanol–water partition coefficient (Wildman–Crippen LogP) is 3.55. The summed E-state index contributed by atoms with van der Waals surface area (Å²) in [7, 11) is 0. The van der Waals surface area contributed by atoms with Crippen LogP contribution in [-0.2, 0) is 13.0 Å². The molecule has 1 atom stereocenters. The molecular weight excluding hydrogens is 240 g/mol. The number of rotatable bonds is 2. The topological polar surface area (TPSA) is 30.9 Å². The second kappa shape index (κ2) is 4.56. The van der Waals surface area contributed by atoms with Gasteiger partial charge in [-0.15, -0.1) is 11.3 Å². The van der Waals surface area contributed by atoms with Crippen LogP contribution in [0.2, 0.25) is 0 Å². The van der Waals surface area contributed by atoms with Crippen molar-refractivity contribution in [1.82, 2.24) is 4.57 Å². The maximum Gasteiger partial charge on any atom is 0.0566 e. The SMILES string of the molecule is Cc1cc(Cn2ccc3c2CCCC3N)sc1C. The lowest BCUT2D eigenvalue weighted by molar-refractivity contribution is 0.548. The molecule has 3 rings (SSSR count). The standard InChI is InChI=1S/C15H20N2S/c1-10-8-12(18-11(10)2)9-17-7-6-13-14(16)4-3-5-15(13)17/h6-8,14H,3-5,9,16H2,1-2H3. The highest BCUT2D eigenvalue weighted by Crippen LogP contribution is 2.30. The van der Waals surface area contributed by atoms with Crippen molar-refractivity contribution in [1.29, 1.82) is 0 Å². The molecule has 96 valence electrons. The van der Waals surface area contributed by atoms with Crippen molar-refractivity contribution in [2.24, 2.45) is 5.73 Å². The van der Waals surface area contributed by atoms with Crippen LogP contribution in [0, 0.1) is 13.8 Å². The maximum atomic E-state index is 6.17. The van der Waals surface area contributed by atoms with Gasteiger partial charge in [0.25, 0.3) is 0 Å². The number of nitrogens with two attached hydrogens (primary N) is 1. The molecule has 1 unspecified atom stereocenters. The van der Waals surface area contributed by atoms with Gasteiger partial charge in [0.05, 0.1) is 6.54 Å². The second-order valence-electron chi connectivity index (χ2n) is 5.30. The van der Waals surface area contributed by atoms with Gasteiger partial charge in [0, 0.05) is 27.7 Å². The average Bonchev–Trinajstić information content (AvgIpc) is 2.86. The fourth-order valence-electron chi connectivity index (χ4n) is 2.84. The van der Waals surface area contributed by atoms with Gasteiger partial charge in [0.2, 0.25) is 0 Å². The summed E-state index contributed by atoms with van der Waals surface area (Å²) in [6.07, 6.45) is 5.74. The molecule has 0 amide bonds. The van der Waals surface area contributed by atoms with Gasteiger partial charge in [-0.1, -0.05) is 0 Å². The van der Waals surface area contributed by atoms with Crippen molar-refractivity contribution in [2.45, 2.75) is 45.7 Å². The molecule has 0 aromatic carbocycles. The van der Waals surface area contributed by atoms with E-state index in [0.29, 0.717) is 0 Å². The molecule has 0 spiro atoms. The van der Waals surface area contributed by atoms with Gasteiger partial charge in [-0.3, -0.25) is 0 Å². The Bertz CT molecular complexity index is 546. The van der Waals surface area contributed by atoms with Crippen LogP contribution >= 0.6 is 11.3 Å². The Kier molecular flexibility index (Phi) is 3.04. The number of hydrogen-bond acceptors (Lipinski definition) is 2. The van der Waals surface area contributed by atoms with Crippen LogP contribution in [-0.4, -0.2) is 4.57 Å². The summed E-state index contributed by atoms with van der Waals surface area (Å²) in [5.41, 5.74) is 10.4. The summed E-state index contributed by atoms with van der Waals surface area (Å²) in [4.78, 5) is 2.88. The molecule has 0 radical (unpaired) electrons. The summed E-state index contributed by atoms with van der Waals surface area (Å²) < 4.78 is 2.39. The Morgan fingerprint density at radius 3 is 3.00 bits per heavy atom. The average molecular weight is 260 g/mol. The zero-order valence-corrected chi connectivity index (χ0v) is 11.9. The first-order valence-electron chi connectivity index (χ1n) is 6.64. The highest BCUT2D eigenvalue weighted by molar-refractivity contribution is 7.12. The maximum absolute atomic E-state index is 6.17. The molecule has 2 nitrogen and oxygen atoms in total. The minimum absolute atomic E-state index is 0.252. The van der Waals surface area contributed by atoms with Crippen molar-refractivity contribution < 1.29 is 0 Å². The zero-order valence-electron chi connectivity index (χ0n) is 11.1. The number of nitrogens with zero attached hydrogens (tertiary/aromatic N) is 1. The van der Waals surface area contributed by atoms with Crippen LogP contribution in [0.5, 0.6) is 0 Å². The largest absolute Gasteiger partial charge is 0.346 e. The number of aryl methyl sites for hydroxylation is 2. The van der Waals surface area contributed by atoms with Gasteiger partial charge in [-0.25, -0.2) is 0 Å². The van der Waals surface area contributed by atoms with Crippen molar-refractivity contribution >= 4 is 11.3 Å². The molecule has 0 saturated carbocycles. The second-order valence-corrected chi connectivity index (χ2v) is 6.64. The van der Waals surface area contributed by atoms with Crippen molar-refractivity contribution in [3.05, 3.63) is 44.9 Å². The molecule has 2 heterocycles. The molecule has 2 aromatic rings. The lowest BCUT2D eigenvalue weighted by Gasteiger charge is -2.20. The Hall–Kier alpha value is -1.06. The van der Waals surface area contributed by atoms with Gasteiger partial charge in [-0.2, -0.15) is 0 Å². The van der Waals surface area contributed by atoms with Gasteiger partial charge >= 0.3 is 0 Å².